The average Bonchev–Trinajstić information content (AvgIpc) is 3.32. The molecule has 1 aromatic heterocycles. The van der Waals surface area contributed by atoms with E-state index >= 15 is 0 Å². The van der Waals surface area contributed by atoms with Crippen LogP contribution in [-0.4, -0.2) is 70.1 Å². The van der Waals surface area contributed by atoms with Crippen molar-refractivity contribution in [1.82, 2.24) is 25.4 Å². The van der Waals surface area contributed by atoms with E-state index in [1.54, 1.807) is 39.6 Å². The number of nitrogens with one attached hydrogen (secondary N) is 3. The van der Waals surface area contributed by atoms with Crippen LogP contribution >= 0.6 is 0 Å². The van der Waals surface area contributed by atoms with Crippen molar-refractivity contribution < 1.29 is 23.9 Å². The quantitative estimate of drug-likeness (QED) is 0.205. The maximum atomic E-state index is 14.5. The summed E-state index contributed by atoms with van der Waals surface area (Å²) >= 11 is 0. The molecule has 0 bridgehead atoms. The lowest BCUT2D eigenvalue weighted by atomic mass is 9.76. The van der Waals surface area contributed by atoms with Gasteiger partial charge in [0, 0.05) is 48.2 Å². The lowest BCUT2D eigenvalue weighted by Gasteiger charge is -2.40. The number of fused-ring (bicyclic) bond motifs is 1. The zero-order valence-electron chi connectivity index (χ0n) is 32.7. The highest BCUT2D eigenvalue weighted by molar-refractivity contribution is 5.95. The first kappa shape index (κ1) is 41.4. The molecule has 4 amide bonds. The summed E-state index contributed by atoms with van der Waals surface area (Å²) < 4.78 is 7.60. The molecule has 10 heteroatoms. The molecule has 49 heavy (non-hydrogen) atoms. The summed E-state index contributed by atoms with van der Waals surface area (Å²) in [6.07, 6.45) is 4.91. The summed E-state index contributed by atoms with van der Waals surface area (Å²) in [6.45, 7) is 24.6. The van der Waals surface area contributed by atoms with Gasteiger partial charge in [-0.05, 0) is 64.0 Å². The summed E-state index contributed by atoms with van der Waals surface area (Å²) in [5.74, 6) is -1.00. The highest BCUT2D eigenvalue weighted by Gasteiger charge is 2.44. The van der Waals surface area contributed by atoms with Crippen molar-refractivity contribution in [2.45, 2.75) is 138 Å². The summed E-state index contributed by atoms with van der Waals surface area (Å²) in [7, 11) is 3.65. The maximum absolute atomic E-state index is 14.5. The minimum Gasteiger partial charge on any atom is -0.444 e. The third kappa shape index (κ3) is 10.8. The van der Waals surface area contributed by atoms with Crippen molar-refractivity contribution in [2.24, 2.45) is 18.4 Å². The predicted octanol–water partition coefficient (Wildman–Crippen LogP) is 6.61. The Morgan fingerprint density at radius 3 is 2.04 bits per heavy atom. The number of benzene rings is 1. The van der Waals surface area contributed by atoms with E-state index in [1.807, 2.05) is 104 Å². The van der Waals surface area contributed by atoms with E-state index in [-0.39, 0.29) is 23.8 Å². The monoisotopic (exact) mass is 681 g/mol. The van der Waals surface area contributed by atoms with Crippen LogP contribution in [0.15, 0.2) is 42.1 Å². The molecule has 10 nitrogen and oxygen atoms in total. The van der Waals surface area contributed by atoms with Gasteiger partial charge in [0.25, 0.3) is 0 Å². The summed E-state index contributed by atoms with van der Waals surface area (Å²) in [4.78, 5) is 56.7. The van der Waals surface area contributed by atoms with Crippen LogP contribution in [0.5, 0.6) is 0 Å². The molecule has 274 valence electrons. The first-order valence-electron chi connectivity index (χ1n) is 17.5. The van der Waals surface area contributed by atoms with Gasteiger partial charge in [0.05, 0.1) is 6.04 Å². The second-order valence-electron chi connectivity index (χ2n) is 16.5. The minimum absolute atomic E-state index is 0.0204. The molecule has 3 N–H and O–H groups in total. The Kier molecular flexibility index (Phi) is 13.7. The number of carbonyl (C=O) groups excluding carboxylic acids is 4. The van der Waals surface area contributed by atoms with E-state index in [4.69, 9.17) is 4.74 Å². The van der Waals surface area contributed by atoms with E-state index in [1.165, 1.54) is 0 Å². The smallest absolute Gasteiger partial charge is 0.408 e. The number of alkyl carbamates (subject to hydrolysis) is 1. The van der Waals surface area contributed by atoms with Crippen molar-refractivity contribution in [1.29, 1.82) is 0 Å². The van der Waals surface area contributed by atoms with Crippen molar-refractivity contribution >= 4 is 34.7 Å². The molecular formula is C39H63N5O5. The predicted molar refractivity (Wildman–Crippen MR) is 198 cm³/mol. The first-order valence-corrected chi connectivity index (χ1v) is 17.5. The lowest BCUT2D eigenvalue weighted by Crippen LogP contribution is -2.63. The van der Waals surface area contributed by atoms with E-state index in [2.05, 4.69) is 22.9 Å². The van der Waals surface area contributed by atoms with Gasteiger partial charge in [0.15, 0.2) is 0 Å². The molecule has 0 unspecified atom stereocenters. The molecule has 0 saturated heterocycles. The van der Waals surface area contributed by atoms with Gasteiger partial charge in [0.1, 0.15) is 17.7 Å². The number of amides is 4. The van der Waals surface area contributed by atoms with Crippen LogP contribution in [0.2, 0.25) is 0 Å². The number of aryl methyl sites for hydroxylation is 1. The Hall–Kier alpha value is -3.82. The number of aromatic nitrogens is 1. The summed E-state index contributed by atoms with van der Waals surface area (Å²) in [5, 5.41) is 9.88. The van der Waals surface area contributed by atoms with Crippen molar-refractivity contribution in [3.63, 3.8) is 0 Å². The van der Waals surface area contributed by atoms with Gasteiger partial charge in [0.2, 0.25) is 17.7 Å². The molecular weight excluding hydrogens is 618 g/mol. The molecule has 4 atom stereocenters. The molecule has 0 radical (unpaired) electrons. The van der Waals surface area contributed by atoms with Crippen LogP contribution in [-0.2, 0) is 31.6 Å². The number of likely N-dealkylation sites (N-methyl/N-ethyl adjacent to an activating group) is 1. The Balaban J connectivity index is 2.54. The topological polar surface area (TPSA) is 122 Å². The van der Waals surface area contributed by atoms with Crippen molar-refractivity contribution in [3.05, 3.63) is 47.7 Å². The maximum Gasteiger partial charge on any atom is 0.408 e. The third-order valence-electron chi connectivity index (χ3n) is 8.99. The van der Waals surface area contributed by atoms with E-state index in [0.717, 1.165) is 29.3 Å². The molecule has 1 aromatic carbocycles. The van der Waals surface area contributed by atoms with Crippen LogP contribution in [0, 0.1) is 11.3 Å². The molecule has 0 aliphatic heterocycles. The Labute approximate surface area is 294 Å². The normalized spacial score (nSPS) is 15.3. The molecule has 0 saturated carbocycles. The molecule has 2 aromatic rings. The standard InChI is InChI=1S/C39H63N5O5/c1-16-19-26(5)40-33(45)25(4)22-30(24(2)3)44(15)35(47)32(37(6,7)8)41-34(46)31(42-36(48)49-38(9,10)11)39(12,13)28-23-43(14)29-21-18-17-20-27(28)29/h17-18,20-24,26,30-32H,16,19H2,1-15H3,(H,40,45)(H,41,46)(H,42,48)/b25-22+/t26-,30-,31-,32-/m1/s1. The number of nitrogens with zero attached hydrogens (tertiary/aromatic N) is 2. The van der Waals surface area contributed by atoms with Crippen LogP contribution in [0.3, 0.4) is 0 Å². The van der Waals surface area contributed by atoms with Gasteiger partial charge >= 0.3 is 6.09 Å². The molecule has 1 heterocycles. The van der Waals surface area contributed by atoms with E-state index in [0.29, 0.717) is 5.57 Å². The van der Waals surface area contributed by atoms with E-state index in [9.17, 15) is 19.2 Å². The minimum atomic E-state index is -1.10. The van der Waals surface area contributed by atoms with Gasteiger partial charge in [-0.2, -0.15) is 0 Å². The van der Waals surface area contributed by atoms with Crippen LogP contribution in [0.1, 0.15) is 108 Å². The fourth-order valence-corrected chi connectivity index (χ4v) is 6.16. The zero-order valence-corrected chi connectivity index (χ0v) is 32.7. The van der Waals surface area contributed by atoms with Crippen LogP contribution in [0.4, 0.5) is 4.79 Å². The second-order valence-corrected chi connectivity index (χ2v) is 16.5. The molecule has 0 fully saturated rings. The van der Waals surface area contributed by atoms with Gasteiger partial charge in [-0.25, -0.2) is 4.79 Å². The number of rotatable bonds is 13. The van der Waals surface area contributed by atoms with Gasteiger partial charge in [-0.3, -0.25) is 14.4 Å². The zero-order chi connectivity index (χ0) is 37.6. The summed E-state index contributed by atoms with van der Waals surface area (Å²) in [5.41, 5.74) is -0.0384. The Morgan fingerprint density at radius 2 is 1.51 bits per heavy atom. The second kappa shape index (κ2) is 16.3. The number of para-hydroxylation sites is 1. The molecule has 0 aliphatic carbocycles. The van der Waals surface area contributed by atoms with Crippen molar-refractivity contribution in [3.8, 4) is 0 Å². The number of carbonyl (C=O) groups is 4. The molecule has 0 spiro atoms. The lowest BCUT2D eigenvalue weighted by molar-refractivity contribution is -0.140. The fraction of sp³-hybridized carbons (Fsp3) is 0.641. The number of hydrogen-bond acceptors (Lipinski definition) is 5. The number of hydrogen-bond donors (Lipinski definition) is 3. The third-order valence-corrected chi connectivity index (χ3v) is 8.99. The molecule has 0 aliphatic rings. The highest BCUT2D eigenvalue weighted by Crippen LogP contribution is 2.35. The van der Waals surface area contributed by atoms with Crippen molar-refractivity contribution in [2.75, 3.05) is 7.05 Å². The highest BCUT2D eigenvalue weighted by atomic mass is 16.6. The average molecular weight is 682 g/mol. The van der Waals surface area contributed by atoms with Gasteiger partial charge in [-0.15, -0.1) is 0 Å². The Morgan fingerprint density at radius 1 is 0.918 bits per heavy atom. The molecule has 2 rings (SSSR count). The van der Waals surface area contributed by atoms with Gasteiger partial charge < -0.3 is 30.2 Å². The largest absolute Gasteiger partial charge is 0.444 e. The summed E-state index contributed by atoms with van der Waals surface area (Å²) in [6, 6.07) is 5.47. The fourth-order valence-electron chi connectivity index (χ4n) is 6.16. The Bertz CT molecular complexity index is 1510. The van der Waals surface area contributed by atoms with Crippen LogP contribution < -0.4 is 16.0 Å². The SMILES string of the molecule is CCC[C@@H](C)NC(=O)/C(C)=C/[C@H](C(C)C)N(C)C(=O)[C@@H](NC(=O)[C@@H](NC(=O)OC(C)(C)C)C(C)(C)c1cn(C)c2ccccc12)C(C)(C)C. The van der Waals surface area contributed by atoms with Crippen LogP contribution in [0.25, 0.3) is 10.9 Å². The van der Waals surface area contributed by atoms with Gasteiger partial charge in [-0.1, -0.05) is 86.1 Å². The number of ether oxygens (including phenoxy) is 1. The first-order chi connectivity index (χ1) is 22.4. The van der Waals surface area contributed by atoms with E-state index < -0.39 is 46.6 Å².